The zero-order valence-electron chi connectivity index (χ0n) is 22.9. The van der Waals surface area contributed by atoms with Gasteiger partial charge < -0.3 is 24.2 Å². The van der Waals surface area contributed by atoms with Crippen LogP contribution in [-0.4, -0.2) is 62.2 Å². The number of ether oxygens (including phenoxy) is 2. The topological polar surface area (TPSA) is 178 Å². The van der Waals surface area contributed by atoms with Gasteiger partial charge in [0, 0.05) is 12.2 Å². The van der Waals surface area contributed by atoms with E-state index in [9.17, 15) is 29.2 Å². The van der Waals surface area contributed by atoms with Crippen molar-refractivity contribution in [2.75, 3.05) is 6.56 Å². The Bertz CT molecular complexity index is 1350. The Kier molecular flexibility index (Phi) is 7.26. The van der Waals surface area contributed by atoms with Gasteiger partial charge in [-0.25, -0.2) is 9.36 Å². The van der Waals surface area contributed by atoms with Crippen LogP contribution in [0.3, 0.4) is 0 Å². The van der Waals surface area contributed by atoms with Crippen molar-refractivity contribution in [3.05, 3.63) is 63.4 Å². The molecule has 36 heavy (non-hydrogen) atoms. The molecular weight excluding hydrogens is 497 g/mol. The molecule has 0 saturated carbocycles. The Balaban J connectivity index is 1.94. The lowest BCUT2D eigenvalue weighted by atomic mass is 9.96. The summed E-state index contributed by atoms with van der Waals surface area (Å²) in [6, 6.07) is 5.54. The van der Waals surface area contributed by atoms with Gasteiger partial charge in [0.15, 0.2) is 6.23 Å². The average Bonchev–Trinajstić information content (AvgIpc) is 3.05. The molecule has 0 aliphatic carbocycles. The SMILES string of the molecule is [2H]c1cn(C2OC(C([2H])([2H])OP(=O)(N[C@@H](C)C(=O)OC(C)C)Oc3ccccc3)[C@@H](O)[C@@]2(C)O)c(=O)[nH]c1=O. The van der Waals surface area contributed by atoms with Crippen LogP contribution in [0.5, 0.6) is 5.75 Å². The zero-order valence-corrected chi connectivity index (χ0v) is 20.8. The van der Waals surface area contributed by atoms with E-state index in [4.69, 9.17) is 22.6 Å². The largest absolute Gasteiger partial charge is 0.462 e. The number of aliphatic hydroxyl groups is 2. The molecule has 3 rings (SSSR count). The van der Waals surface area contributed by atoms with Gasteiger partial charge in [-0.3, -0.25) is 23.7 Å². The molecule has 2 heterocycles. The lowest BCUT2D eigenvalue weighted by molar-refractivity contribution is -0.149. The molecule has 1 aliphatic rings. The maximum absolute atomic E-state index is 13.8. The first-order chi connectivity index (χ1) is 18.0. The van der Waals surface area contributed by atoms with Gasteiger partial charge in [-0.15, -0.1) is 0 Å². The third kappa shape index (κ3) is 6.49. The van der Waals surface area contributed by atoms with Crippen LogP contribution in [0.15, 0.2) is 52.2 Å². The summed E-state index contributed by atoms with van der Waals surface area (Å²) in [5.41, 5.74) is -4.48. The maximum Gasteiger partial charge on any atom is 0.459 e. The van der Waals surface area contributed by atoms with Crippen LogP contribution in [0.4, 0.5) is 0 Å². The van der Waals surface area contributed by atoms with Gasteiger partial charge in [0.25, 0.3) is 5.56 Å². The number of rotatable bonds is 10. The number of nitrogens with one attached hydrogen (secondary N) is 2. The molecule has 1 aliphatic heterocycles. The summed E-state index contributed by atoms with van der Waals surface area (Å²) in [6.07, 6.45) is -5.73. The molecular formula is C22H30N3O10P. The minimum Gasteiger partial charge on any atom is -0.462 e. The molecule has 0 spiro atoms. The standard InChI is InChI=1S/C22H30N3O10P/c1-13(2)33-19(28)14(3)24-36(31,35-15-8-6-5-7-9-15)32-12-16-18(27)22(4,30)20(34-16)25-11-10-17(26)23-21(25)29/h5-11,13-14,16,18,20,27,30H,12H2,1-4H3,(H,24,31)(H,23,26,29)/t14-,16?,18+,20?,22+,36?/m0/s1/i10D,12D2. The zero-order chi connectivity index (χ0) is 29.3. The van der Waals surface area contributed by atoms with Crippen LogP contribution in [0.2, 0.25) is 0 Å². The van der Waals surface area contributed by atoms with Crippen LogP contribution in [0.1, 0.15) is 38.0 Å². The number of aliphatic hydroxyl groups excluding tert-OH is 1. The molecule has 4 N–H and O–H groups in total. The highest BCUT2D eigenvalue weighted by atomic mass is 31.2. The van der Waals surface area contributed by atoms with Crippen LogP contribution in [-0.2, 0) is 23.4 Å². The molecule has 13 nitrogen and oxygen atoms in total. The fourth-order valence-corrected chi connectivity index (χ4v) is 4.60. The lowest BCUT2D eigenvalue weighted by Gasteiger charge is -2.27. The number of hydrogen-bond acceptors (Lipinski definition) is 10. The van der Waals surface area contributed by atoms with E-state index in [1.54, 1.807) is 32.0 Å². The lowest BCUT2D eigenvalue weighted by Crippen LogP contribution is -2.47. The third-order valence-corrected chi connectivity index (χ3v) is 6.52. The summed E-state index contributed by atoms with van der Waals surface area (Å²) in [5, 5.41) is 24.0. The molecule has 1 saturated heterocycles. The number of esters is 1. The Morgan fingerprint density at radius 2 is 2.03 bits per heavy atom. The minimum atomic E-state index is -4.80. The molecule has 6 atom stereocenters. The molecule has 1 fully saturated rings. The monoisotopic (exact) mass is 530 g/mol. The third-order valence-electron chi connectivity index (χ3n) is 5.02. The van der Waals surface area contributed by atoms with Gasteiger partial charge in [0.1, 0.15) is 29.6 Å². The van der Waals surface area contributed by atoms with E-state index in [1.807, 2.05) is 4.98 Å². The van der Waals surface area contributed by atoms with Gasteiger partial charge in [-0.2, -0.15) is 5.09 Å². The Morgan fingerprint density at radius 3 is 2.67 bits per heavy atom. The van der Waals surface area contributed by atoms with Crippen molar-refractivity contribution in [2.45, 2.75) is 63.9 Å². The molecule has 198 valence electrons. The van der Waals surface area contributed by atoms with E-state index in [0.717, 1.165) is 13.1 Å². The molecule has 2 aromatic rings. The number of carbonyl (C=O) groups excluding carboxylic acids is 1. The fraction of sp³-hybridized carbons (Fsp3) is 0.500. The highest BCUT2D eigenvalue weighted by molar-refractivity contribution is 7.52. The fourth-order valence-electron chi connectivity index (χ4n) is 3.24. The minimum absolute atomic E-state index is 0.0194. The van der Waals surface area contributed by atoms with E-state index < -0.39 is 73.7 Å². The summed E-state index contributed by atoms with van der Waals surface area (Å²) in [7, 11) is -4.80. The number of H-pyrrole nitrogens is 1. The number of aromatic nitrogens is 2. The molecule has 1 aromatic heterocycles. The number of aromatic amines is 1. The van der Waals surface area contributed by atoms with Crippen molar-refractivity contribution in [2.24, 2.45) is 0 Å². The maximum atomic E-state index is 13.8. The van der Waals surface area contributed by atoms with E-state index in [1.165, 1.54) is 19.1 Å². The first-order valence-corrected chi connectivity index (χ1v) is 12.4. The van der Waals surface area contributed by atoms with E-state index >= 15 is 0 Å². The first-order valence-electron chi connectivity index (χ1n) is 12.4. The van der Waals surface area contributed by atoms with Crippen LogP contribution in [0, 0.1) is 0 Å². The van der Waals surface area contributed by atoms with Gasteiger partial charge in [0.05, 0.1) is 16.8 Å². The van der Waals surface area contributed by atoms with Crippen molar-refractivity contribution in [3.8, 4) is 5.75 Å². The van der Waals surface area contributed by atoms with Crippen LogP contribution >= 0.6 is 7.75 Å². The van der Waals surface area contributed by atoms with E-state index in [2.05, 4.69) is 5.09 Å². The van der Waals surface area contributed by atoms with Crippen molar-refractivity contribution < 1.29 is 42.2 Å². The summed E-state index contributed by atoms with van der Waals surface area (Å²) in [4.78, 5) is 38.1. The number of nitrogens with zero attached hydrogens (tertiary/aromatic N) is 1. The second kappa shape index (κ2) is 11.1. The number of benzene rings is 1. The van der Waals surface area contributed by atoms with Crippen LogP contribution < -0.4 is 20.9 Å². The average molecular weight is 530 g/mol. The molecule has 14 heteroatoms. The van der Waals surface area contributed by atoms with Gasteiger partial charge in [0.2, 0.25) is 0 Å². The Labute approximate surface area is 210 Å². The van der Waals surface area contributed by atoms with E-state index in [-0.39, 0.29) is 5.75 Å². The summed E-state index contributed by atoms with van der Waals surface area (Å²) in [5.74, 6) is -0.857. The summed E-state index contributed by atoms with van der Waals surface area (Å²) < 4.78 is 60.2. The smallest absolute Gasteiger partial charge is 0.459 e. The summed E-state index contributed by atoms with van der Waals surface area (Å²) in [6.45, 7) is 2.32. The molecule has 1 aromatic carbocycles. The highest BCUT2D eigenvalue weighted by Crippen LogP contribution is 2.46. The second-order valence-corrected chi connectivity index (χ2v) is 10.1. The molecule has 3 unspecified atom stereocenters. The normalized spacial score (nSPS) is 28.0. The van der Waals surface area contributed by atoms with Crippen molar-refractivity contribution in [3.63, 3.8) is 0 Å². The van der Waals surface area contributed by atoms with E-state index in [0.29, 0.717) is 4.57 Å². The van der Waals surface area contributed by atoms with Crippen LogP contribution in [0.25, 0.3) is 0 Å². The predicted molar refractivity (Wildman–Crippen MR) is 126 cm³/mol. The van der Waals surface area contributed by atoms with Gasteiger partial charge >= 0.3 is 19.4 Å². The molecule has 0 bridgehead atoms. The highest BCUT2D eigenvalue weighted by Gasteiger charge is 2.54. The number of carbonyl (C=O) groups is 1. The summed E-state index contributed by atoms with van der Waals surface area (Å²) >= 11 is 0. The number of para-hydroxylation sites is 1. The Hall–Kier alpha value is -2.80. The Morgan fingerprint density at radius 1 is 1.36 bits per heavy atom. The molecule has 0 amide bonds. The van der Waals surface area contributed by atoms with Gasteiger partial charge in [-0.1, -0.05) is 18.2 Å². The second-order valence-electron chi connectivity index (χ2n) is 8.47. The van der Waals surface area contributed by atoms with Crippen molar-refractivity contribution in [1.29, 1.82) is 0 Å². The predicted octanol–water partition coefficient (Wildman–Crippen LogP) is 0.679. The molecule has 0 radical (unpaired) electrons. The van der Waals surface area contributed by atoms with Crippen molar-refractivity contribution >= 4 is 13.7 Å². The number of hydrogen-bond donors (Lipinski definition) is 4. The van der Waals surface area contributed by atoms with Crippen molar-refractivity contribution in [1.82, 2.24) is 14.6 Å². The van der Waals surface area contributed by atoms with Gasteiger partial charge in [-0.05, 0) is 39.8 Å². The quantitative estimate of drug-likeness (QED) is 0.251. The first kappa shape index (κ1) is 23.6.